The van der Waals surface area contributed by atoms with Crippen LogP contribution in [0.15, 0.2) is 16.2 Å². The number of hydrogen-bond donors (Lipinski definition) is 0. The zero-order chi connectivity index (χ0) is 9.42. The Morgan fingerprint density at radius 3 is 3.15 bits per heavy atom. The number of alkyl halides is 1. The smallest absolute Gasteiger partial charge is 0.258 e. The van der Waals surface area contributed by atoms with Gasteiger partial charge in [-0.1, -0.05) is 22.6 Å². The van der Waals surface area contributed by atoms with Crippen LogP contribution < -0.4 is 5.56 Å². The Hall–Kier alpha value is -0.430. The van der Waals surface area contributed by atoms with Gasteiger partial charge in [0.2, 0.25) is 0 Å². The molecule has 0 aliphatic heterocycles. The van der Waals surface area contributed by atoms with E-state index in [9.17, 15) is 4.79 Å². The van der Waals surface area contributed by atoms with E-state index < -0.39 is 0 Å². The van der Waals surface area contributed by atoms with E-state index in [1.165, 1.54) is 11.3 Å². The fourth-order valence-corrected chi connectivity index (χ4v) is 2.45. The zero-order valence-corrected chi connectivity index (χ0v) is 9.92. The molecule has 0 amide bonds. The fraction of sp³-hybridized carbons (Fsp3) is 0.250. The van der Waals surface area contributed by atoms with E-state index in [4.69, 9.17) is 0 Å². The quantitative estimate of drug-likeness (QED) is 0.596. The van der Waals surface area contributed by atoms with Gasteiger partial charge in [-0.3, -0.25) is 9.20 Å². The van der Waals surface area contributed by atoms with Gasteiger partial charge in [-0.25, -0.2) is 4.98 Å². The third-order valence-electron chi connectivity index (χ3n) is 1.77. The average Bonchev–Trinajstić information content (AvgIpc) is 2.48. The third-order valence-corrected chi connectivity index (χ3v) is 3.49. The first-order valence-electron chi connectivity index (χ1n) is 3.75. The Bertz CT molecular complexity index is 502. The van der Waals surface area contributed by atoms with Crippen molar-refractivity contribution >= 4 is 38.9 Å². The molecule has 0 saturated carbocycles. The highest BCUT2D eigenvalue weighted by Crippen LogP contribution is 2.12. The molecule has 0 N–H and O–H groups in total. The lowest BCUT2D eigenvalue weighted by Crippen LogP contribution is -2.14. The van der Waals surface area contributed by atoms with Crippen LogP contribution in [0.1, 0.15) is 11.4 Å². The average molecular weight is 306 g/mol. The minimum atomic E-state index is 0.0235. The second-order valence-electron chi connectivity index (χ2n) is 2.71. The van der Waals surface area contributed by atoms with Gasteiger partial charge in [0, 0.05) is 21.6 Å². The van der Waals surface area contributed by atoms with Gasteiger partial charge in [0.25, 0.3) is 5.56 Å². The van der Waals surface area contributed by atoms with Crippen molar-refractivity contribution in [1.82, 2.24) is 9.38 Å². The first-order chi connectivity index (χ1) is 6.22. The number of aromatic nitrogens is 2. The molecule has 0 aliphatic carbocycles. The lowest BCUT2D eigenvalue weighted by Gasteiger charge is -1.96. The predicted molar refractivity (Wildman–Crippen MR) is 61.8 cm³/mol. The van der Waals surface area contributed by atoms with Crippen LogP contribution in [0, 0.1) is 6.92 Å². The van der Waals surface area contributed by atoms with Gasteiger partial charge in [0.1, 0.15) is 0 Å². The summed E-state index contributed by atoms with van der Waals surface area (Å²) < 4.78 is 2.42. The Labute approximate surface area is 92.6 Å². The maximum atomic E-state index is 11.6. The van der Waals surface area contributed by atoms with Crippen LogP contribution in [0.3, 0.4) is 0 Å². The molecule has 2 aromatic heterocycles. The van der Waals surface area contributed by atoms with Crippen molar-refractivity contribution in [3.63, 3.8) is 0 Å². The Balaban J connectivity index is 2.87. The topological polar surface area (TPSA) is 34.4 Å². The highest BCUT2D eigenvalue weighted by Gasteiger charge is 2.04. The van der Waals surface area contributed by atoms with Crippen molar-refractivity contribution in [1.29, 1.82) is 0 Å². The first kappa shape index (κ1) is 9.14. The fourth-order valence-electron chi connectivity index (χ4n) is 1.17. The van der Waals surface area contributed by atoms with Crippen LogP contribution in [-0.2, 0) is 4.43 Å². The Morgan fingerprint density at radius 1 is 1.69 bits per heavy atom. The van der Waals surface area contributed by atoms with Crippen molar-refractivity contribution in [2.24, 2.45) is 0 Å². The summed E-state index contributed by atoms with van der Waals surface area (Å²) in [5, 5.41) is 1.95. The molecule has 0 unspecified atom stereocenters. The van der Waals surface area contributed by atoms with E-state index in [-0.39, 0.29) is 5.56 Å². The predicted octanol–water partition coefficient (Wildman–Crippen LogP) is 2.00. The van der Waals surface area contributed by atoms with Crippen LogP contribution in [0.4, 0.5) is 0 Å². The molecule has 0 atom stereocenters. The van der Waals surface area contributed by atoms with Crippen LogP contribution in [0.2, 0.25) is 0 Å². The second-order valence-corrected chi connectivity index (χ2v) is 4.31. The van der Waals surface area contributed by atoms with Gasteiger partial charge in [0.05, 0.1) is 5.69 Å². The molecule has 3 nitrogen and oxygen atoms in total. The van der Waals surface area contributed by atoms with E-state index in [0.29, 0.717) is 0 Å². The van der Waals surface area contributed by atoms with Crippen molar-refractivity contribution in [3.8, 4) is 0 Å². The molecule has 0 spiro atoms. The molecule has 0 aliphatic rings. The number of aryl methyl sites for hydroxylation is 1. The summed E-state index contributed by atoms with van der Waals surface area (Å²) in [6.07, 6.45) is 0. The minimum absolute atomic E-state index is 0.0235. The van der Waals surface area contributed by atoms with Gasteiger partial charge >= 0.3 is 0 Å². The lowest BCUT2D eigenvalue weighted by atomic mass is 10.4. The number of hydrogen-bond acceptors (Lipinski definition) is 3. The zero-order valence-electron chi connectivity index (χ0n) is 6.95. The summed E-state index contributed by atoms with van der Waals surface area (Å²) in [4.78, 5) is 16.7. The van der Waals surface area contributed by atoms with Gasteiger partial charge in [-0.2, -0.15) is 0 Å². The van der Waals surface area contributed by atoms with Crippen LogP contribution in [0.25, 0.3) is 4.96 Å². The number of thiazole rings is 1. The molecular formula is C8H7IN2OS. The summed E-state index contributed by atoms with van der Waals surface area (Å²) in [7, 11) is 0. The van der Waals surface area contributed by atoms with Crippen molar-refractivity contribution in [2.45, 2.75) is 11.4 Å². The molecule has 68 valence electrons. The van der Waals surface area contributed by atoms with Crippen LogP contribution >= 0.6 is 33.9 Å². The number of rotatable bonds is 1. The Morgan fingerprint density at radius 2 is 2.46 bits per heavy atom. The van der Waals surface area contributed by atoms with Crippen molar-refractivity contribution in [3.05, 3.63) is 33.2 Å². The third kappa shape index (κ3) is 1.50. The molecule has 5 heteroatoms. The molecule has 0 radical (unpaired) electrons. The maximum Gasteiger partial charge on any atom is 0.258 e. The molecule has 0 bridgehead atoms. The van der Waals surface area contributed by atoms with E-state index in [0.717, 1.165) is 20.8 Å². The molecular weight excluding hydrogens is 299 g/mol. The first-order valence-corrected chi connectivity index (χ1v) is 6.15. The van der Waals surface area contributed by atoms with Gasteiger partial charge in [-0.15, -0.1) is 11.3 Å². The summed E-state index contributed by atoms with van der Waals surface area (Å²) in [6.45, 7) is 1.91. The molecule has 0 saturated heterocycles. The number of halogens is 1. The molecule has 2 aromatic rings. The molecule has 0 fully saturated rings. The summed E-state index contributed by atoms with van der Waals surface area (Å²) in [6, 6.07) is 1.60. The molecule has 2 rings (SSSR count). The van der Waals surface area contributed by atoms with E-state index in [2.05, 4.69) is 27.6 Å². The summed E-state index contributed by atoms with van der Waals surface area (Å²) >= 11 is 3.71. The maximum absolute atomic E-state index is 11.6. The largest absolute Gasteiger partial charge is 0.269 e. The normalized spacial score (nSPS) is 10.9. The Kier molecular flexibility index (Phi) is 2.37. The van der Waals surface area contributed by atoms with E-state index in [1.807, 2.05) is 12.3 Å². The van der Waals surface area contributed by atoms with Crippen LogP contribution in [0.5, 0.6) is 0 Å². The van der Waals surface area contributed by atoms with Crippen LogP contribution in [-0.4, -0.2) is 9.38 Å². The number of nitrogens with zero attached hydrogens (tertiary/aromatic N) is 2. The van der Waals surface area contributed by atoms with Gasteiger partial charge in [-0.05, 0) is 6.92 Å². The molecule has 13 heavy (non-hydrogen) atoms. The SMILES string of the molecule is Cc1csc2nc(CI)cc(=O)n12. The van der Waals surface area contributed by atoms with E-state index >= 15 is 0 Å². The van der Waals surface area contributed by atoms with Crippen molar-refractivity contribution < 1.29 is 0 Å². The van der Waals surface area contributed by atoms with Crippen molar-refractivity contribution in [2.75, 3.05) is 0 Å². The monoisotopic (exact) mass is 306 g/mol. The lowest BCUT2D eigenvalue weighted by molar-refractivity contribution is 1.00. The van der Waals surface area contributed by atoms with Gasteiger partial charge in [0.15, 0.2) is 4.96 Å². The highest BCUT2D eigenvalue weighted by molar-refractivity contribution is 14.1. The highest BCUT2D eigenvalue weighted by atomic mass is 127. The minimum Gasteiger partial charge on any atom is -0.269 e. The second kappa shape index (κ2) is 3.38. The van der Waals surface area contributed by atoms with Gasteiger partial charge < -0.3 is 0 Å². The van der Waals surface area contributed by atoms with E-state index in [1.54, 1.807) is 10.5 Å². The summed E-state index contributed by atoms with van der Waals surface area (Å²) in [5.41, 5.74) is 1.83. The summed E-state index contributed by atoms with van der Waals surface area (Å²) in [5.74, 6) is 0. The standard InChI is InChI=1S/C8H7IN2OS/c1-5-4-13-8-10-6(3-9)2-7(12)11(5)8/h2,4H,3H2,1H3. The molecule has 2 heterocycles. The number of fused-ring (bicyclic) bond motifs is 1. The molecule has 0 aromatic carbocycles.